The van der Waals surface area contributed by atoms with E-state index in [1.54, 1.807) is 0 Å². The summed E-state index contributed by atoms with van der Waals surface area (Å²) in [7, 11) is -2.24. The second-order valence-electron chi connectivity index (χ2n) is 4.21. The highest BCUT2D eigenvalue weighted by atomic mass is 32.2. The first-order valence-electron chi connectivity index (χ1n) is 5.78. The van der Waals surface area contributed by atoms with Crippen LogP contribution in [0.3, 0.4) is 0 Å². The fraction of sp³-hybridized carbons (Fsp3) is 0.455. The monoisotopic (exact) mass is 301 g/mol. The Hall–Kier alpha value is -1.12. The van der Waals surface area contributed by atoms with Crippen molar-refractivity contribution in [1.82, 2.24) is 15.0 Å². The molecule has 0 spiro atoms. The Morgan fingerprint density at radius 2 is 2.21 bits per heavy atom. The summed E-state index contributed by atoms with van der Waals surface area (Å²) in [6.45, 7) is 0.655. The van der Waals surface area contributed by atoms with Gasteiger partial charge in [-0.25, -0.2) is 18.1 Å². The van der Waals surface area contributed by atoms with Crippen molar-refractivity contribution in [3.63, 3.8) is 0 Å². The first-order chi connectivity index (χ1) is 9.03. The van der Waals surface area contributed by atoms with Crippen molar-refractivity contribution in [3.05, 3.63) is 23.9 Å². The van der Waals surface area contributed by atoms with Gasteiger partial charge in [0.25, 0.3) is 15.9 Å². The first kappa shape index (κ1) is 14.3. The predicted molar refractivity (Wildman–Crippen MR) is 73.6 cm³/mol. The number of rotatable bonds is 5. The molecule has 0 bridgehead atoms. The largest absolute Gasteiger partial charge is 0.352 e. The van der Waals surface area contributed by atoms with Crippen molar-refractivity contribution >= 4 is 27.7 Å². The fourth-order valence-corrected chi connectivity index (χ4v) is 2.97. The Morgan fingerprint density at radius 1 is 1.47 bits per heavy atom. The molecule has 0 saturated carbocycles. The summed E-state index contributed by atoms with van der Waals surface area (Å²) >= 11 is 1.86. The normalized spacial score (nSPS) is 15.8. The first-order valence-corrected chi connectivity index (χ1v) is 8.42. The van der Waals surface area contributed by atoms with Crippen LogP contribution < -0.4 is 10.0 Å². The maximum atomic E-state index is 11.8. The minimum absolute atomic E-state index is 0.0954. The highest BCUT2D eigenvalue weighted by Gasteiger charge is 2.19. The molecule has 1 aliphatic rings. The van der Waals surface area contributed by atoms with Crippen LogP contribution in [0, 0.1) is 5.92 Å². The average Bonchev–Trinajstić information content (AvgIpc) is 2.37. The molecule has 2 N–H and O–H groups in total. The molecule has 1 amide bonds. The van der Waals surface area contributed by atoms with Crippen molar-refractivity contribution in [3.8, 4) is 0 Å². The number of thioether (sulfide) groups is 1. The molecule has 2 rings (SSSR count). The average molecular weight is 301 g/mol. The summed E-state index contributed by atoms with van der Waals surface area (Å²) in [6, 6.07) is 2.78. The highest BCUT2D eigenvalue weighted by Crippen LogP contribution is 2.23. The second-order valence-corrected chi connectivity index (χ2v) is 7.11. The summed E-state index contributed by atoms with van der Waals surface area (Å²) < 4.78 is 25.1. The number of aromatic nitrogens is 1. The SMILES string of the molecule is CNS(=O)(=O)c1ccc(C(=O)NCC2CSC2)cn1. The predicted octanol–water partition coefficient (Wildman–Crippen LogP) is 0.0825. The molecule has 0 atom stereocenters. The minimum atomic E-state index is -3.56. The zero-order chi connectivity index (χ0) is 13.9. The van der Waals surface area contributed by atoms with Crippen LogP contribution in [0.4, 0.5) is 0 Å². The van der Waals surface area contributed by atoms with Crippen LogP contribution in [-0.2, 0) is 10.0 Å². The lowest BCUT2D eigenvalue weighted by molar-refractivity contribution is 0.0948. The standard InChI is InChI=1S/C11H15N3O3S2/c1-12-19(16,17)10-3-2-9(5-13-10)11(15)14-4-8-6-18-7-8/h2-3,5,8,12H,4,6-7H2,1H3,(H,14,15). The van der Waals surface area contributed by atoms with E-state index in [1.165, 1.54) is 25.4 Å². The third kappa shape index (κ3) is 3.46. The number of pyridine rings is 1. The van der Waals surface area contributed by atoms with Crippen LogP contribution in [0.15, 0.2) is 23.4 Å². The summed E-state index contributed by atoms with van der Waals surface area (Å²) in [4.78, 5) is 15.6. The lowest BCUT2D eigenvalue weighted by atomic mass is 10.2. The number of nitrogens with zero attached hydrogens (tertiary/aromatic N) is 1. The van der Waals surface area contributed by atoms with E-state index in [4.69, 9.17) is 0 Å². The molecule has 0 aliphatic carbocycles. The second kappa shape index (κ2) is 5.89. The van der Waals surface area contributed by atoms with Crippen molar-refractivity contribution in [2.45, 2.75) is 5.03 Å². The van der Waals surface area contributed by atoms with Crippen molar-refractivity contribution in [2.75, 3.05) is 25.1 Å². The summed E-state index contributed by atoms with van der Waals surface area (Å²) in [5.74, 6) is 2.49. The zero-order valence-corrected chi connectivity index (χ0v) is 12.1. The van der Waals surface area contributed by atoms with Crippen molar-refractivity contribution in [1.29, 1.82) is 0 Å². The minimum Gasteiger partial charge on any atom is -0.352 e. The number of amides is 1. The van der Waals surface area contributed by atoms with Crippen molar-refractivity contribution in [2.24, 2.45) is 5.92 Å². The number of nitrogens with one attached hydrogen (secondary N) is 2. The molecule has 1 aromatic rings. The van der Waals surface area contributed by atoms with Crippen molar-refractivity contribution < 1.29 is 13.2 Å². The van der Waals surface area contributed by atoms with Gasteiger partial charge in [0.05, 0.1) is 5.56 Å². The summed E-state index contributed by atoms with van der Waals surface area (Å²) in [5.41, 5.74) is 0.363. The molecular weight excluding hydrogens is 286 g/mol. The van der Waals surface area contributed by atoms with Gasteiger partial charge in [0.15, 0.2) is 5.03 Å². The molecule has 1 saturated heterocycles. The van der Waals surface area contributed by atoms with Gasteiger partial charge < -0.3 is 5.32 Å². The van der Waals surface area contributed by atoms with E-state index in [0.29, 0.717) is 18.0 Å². The Morgan fingerprint density at radius 3 is 2.68 bits per heavy atom. The molecule has 0 unspecified atom stereocenters. The van der Waals surface area contributed by atoms with Gasteiger partial charge in [0, 0.05) is 12.7 Å². The van der Waals surface area contributed by atoms with Gasteiger partial charge in [-0.2, -0.15) is 11.8 Å². The fourth-order valence-electron chi connectivity index (χ4n) is 1.52. The molecule has 19 heavy (non-hydrogen) atoms. The Kier molecular flexibility index (Phi) is 4.43. The third-order valence-electron chi connectivity index (χ3n) is 2.80. The molecule has 1 aromatic heterocycles. The molecule has 1 fully saturated rings. The quantitative estimate of drug-likeness (QED) is 0.804. The highest BCUT2D eigenvalue weighted by molar-refractivity contribution is 8.00. The van der Waals surface area contributed by atoms with Gasteiger partial charge in [-0.05, 0) is 36.6 Å². The molecule has 8 heteroatoms. The third-order valence-corrected chi connectivity index (χ3v) is 5.54. The van der Waals surface area contributed by atoms with Gasteiger partial charge in [-0.1, -0.05) is 0 Å². The van der Waals surface area contributed by atoms with Crippen LogP contribution >= 0.6 is 11.8 Å². The Labute approximate surface area is 116 Å². The van der Waals surface area contributed by atoms with E-state index in [-0.39, 0.29) is 10.9 Å². The Balaban J connectivity index is 1.99. The molecule has 0 aromatic carbocycles. The van der Waals surface area contributed by atoms with E-state index in [0.717, 1.165) is 11.5 Å². The van der Waals surface area contributed by atoms with Gasteiger partial charge >= 0.3 is 0 Å². The maximum Gasteiger partial charge on any atom is 0.257 e. The number of hydrogen-bond acceptors (Lipinski definition) is 5. The van der Waals surface area contributed by atoms with E-state index >= 15 is 0 Å². The topological polar surface area (TPSA) is 88.2 Å². The van der Waals surface area contributed by atoms with Gasteiger partial charge in [0.2, 0.25) is 0 Å². The van der Waals surface area contributed by atoms with Crippen LogP contribution in [0.2, 0.25) is 0 Å². The van der Waals surface area contributed by atoms with Gasteiger partial charge in [-0.15, -0.1) is 0 Å². The van der Waals surface area contributed by atoms with E-state index in [1.807, 2.05) is 11.8 Å². The van der Waals surface area contributed by atoms with Crippen LogP contribution in [-0.4, -0.2) is 44.4 Å². The number of carbonyl (C=O) groups is 1. The van der Waals surface area contributed by atoms with E-state index < -0.39 is 10.0 Å². The molecule has 2 heterocycles. The molecular formula is C11H15N3O3S2. The number of carbonyl (C=O) groups excluding carboxylic acids is 1. The molecule has 104 valence electrons. The lowest BCUT2D eigenvalue weighted by Gasteiger charge is -2.24. The van der Waals surface area contributed by atoms with Crippen LogP contribution in [0.5, 0.6) is 0 Å². The molecule has 0 radical (unpaired) electrons. The van der Waals surface area contributed by atoms with Crippen LogP contribution in [0.25, 0.3) is 0 Å². The van der Waals surface area contributed by atoms with E-state index in [2.05, 4.69) is 15.0 Å². The lowest BCUT2D eigenvalue weighted by Crippen LogP contribution is -2.35. The maximum absolute atomic E-state index is 11.8. The zero-order valence-electron chi connectivity index (χ0n) is 10.4. The summed E-state index contributed by atoms with van der Waals surface area (Å²) in [6.07, 6.45) is 1.27. The van der Waals surface area contributed by atoms with E-state index in [9.17, 15) is 13.2 Å². The number of hydrogen-bond donors (Lipinski definition) is 2. The Bertz CT molecular complexity index is 553. The van der Waals surface area contributed by atoms with Gasteiger partial charge in [0.1, 0.15) is 0 Å². The van der Waals surface area contributed by atoms with Gasteiger partial charge in [-0.3, -0.25) is 4.79 Å². The molecule has 1 aliphatic heterocycles. The number of sulfonamides is 1. The molecule has 6 nitrogen and oxygen atoms in total. The van der Waals surface area contributed by atoms with Crippen LogP contribution in [0.1, 0.15) is 10.4 Å². The summed E-state index contributed by atoms with van der Waals surface area (Å²) in [5, 5.41) is 2.72. The smallest absolute Gasteiger partial charge is 0.257 e.